The molecule has 3 nitrogen and oxygen atoms in total. The molecule has 5 heteroatoms. The van der Waals surface area contributed by atoms with Crippen molar-refractivity contribution < 1.29 is 4.79 Å². The van der Waals surface area contributed by atoms with Gasteiger partial charge >= 0.3 is 0 Å². The molecule has 1 N–H and O–H groups in total. The second-order valence-corrected chi connectivity index (χ2v) is 6.49. The first-order valence-corrected chi connectivity index (χ1v) is 8.30. The largest absolute Gasteiger partial charge is 0.352 e. The third-order valence-electron chi connectivity index (χ3n) is 3.30. The fourth-order valence-corrected chi connectivity index (χ4v) is 3.31. The van der Waals surface area contributed by atoms with Crippen molar-refractivity contribution >= 4 is 39.1 Å². The molecule has 1 amide bonds. The van der Waals surface area contributed by atoms with Crippen molar-refractivity contribution in [1.82, 2.24) is 10.3 Å². The summed E-state index contributed by atoms with van der Waals surface area (Å²) in [5, 5.41) is 4.66. The van der Waals surface area contributed by atoms with Gasteiger partial charge in [0.15, 0.2) is 0 Å². The molecule has 0 fully saturated rings. The predicted molar refractivity (Wildman–Crippen MR) is 91.7 cm³/mol. The molecule has 1 aromatic heterocycles. The Kier molecular flexibility index (Phi) is 4.71. The molecule has 0 aliphatic rings. The number of hydrogen-bond acceptors (Lipinski definition) is 3. The Labute approximate surface area is 138 Å². The minimum atomic E-state index is -0.0685. The summed E-state index contributed by atoms with van der Waals surface area (Å²) in [6, 6.07) is 15.0. The van der Waals surface area contributed by atoms with Crippen LogP contribution in [0.5, 0.6) is 0 Å². The molecule has 0 radical (unpaired) electrons. The number of hydrogen-bond donors (Lipinski definition) is 1. The first kappa shape index (κ1) is 15.0. The molecule has 3 rings (SSSR count). The average molecular weight is 331 g/mol. The van der Waals surface area contributed by atoms with E-state index in [0.717, 1.165) is 23.4 Å². The van der Waals surface area contributed by atoms with Gasteiger partial charge in [0, 0.05) is 23.6 Å². The molecule has 0 unspecified atom stereocenters. The Balaban J connectivity index is 1.49. The molecular formula is C17H15ClN2OS. The normalized spacial score (nSPS) is 10.8. The number of carbonyl (C=O) groups is 1. The molecule has 0 spiro atoms. The van der Waals surface area contributed by atoms with Gasteiger partial charge in [0.25, 0.3) is 5.91 Å². The highest BCUT2D eigenvalue weighted by molar-refractivity contribution is 7.18. The molecule has 1 heterocycles. The zero-order valence-electron chi connectivity index (χ0n) is 11.9. The Morgan fingerprint density at radius 3 is 2.68 bits per heavy atom. The highest BCUT2D eigenvalue weighted by Crippen LogP contribution is 2.22. The van der Waals surface area contributed by atoms with Crippen LogP contribution in [0.3, 0.4) is 0 Å². The number of rotatable bonds is 5. The van der Waals surface area contributed by atoms with Crippen LogP contribution in [0.4, 0.5) is 0 Å². The van der Waals surface area contributed by atoms with Crippen molar-refractivity contribution in [2.45, 2.75) is 12.8 Å². The molecule has 0 bridgehead atoms. The Morgan fingerprint density at radius 2 is 1.91 bits per heavy atom. The molecular weight excluding hydrogens is 316 g/mol. The van der Waals surface area contributed by atoms with Crippen LogP contribution in [-0.4, -0.2) is 17.4 Å². The number of halogens is 1. The van der Waals surface area contributed by atoms with E-state index in [1.54, 1.807) is 35.6 Å². The summed E-state index contributed by atoms with van der Waals surface area (Å²) in [7, 11) is 0. The number of amides is 1. The topological polar surface area (TPSA) is 42.0 Å². The van der Waals surface area contributed by atoms with E-state index in [4.69, 9.17) is 11.6 Å². The van der Waals surface area contributed by atoms with Gasteiger partial charge in [-0.1, -0.05) is 23.7 Å². The monoisotopic (exact) mass is 330 g/mol. The van der Waals surface area contributed by atoms with Gasteiger partial charge in [-0.05, 0) is 42.8 Å². The van der Waals surface area contributed by atoms with E-state index in [-0.39, 0.29) is 5.91 Å². The van der Waals surface area contributed by atoms with Gasteiger partial charge in [-0.15, -0.1) is 11.3 Å². The first-order chi connectivity index (χ1) is 10.7. The second-order valence-electron chi connectivity index (χ2n) is 4.94. The average Bonchev–Trinajstić information content (AvgIpc) is 2.95. The highest BCUT2D eigenvalue weighted by Gasteiger charge is 2.06. The molecule has 0 saturated carbocycles. The number of aryl methyl sites for hydroxylation is 1. The molecule has 0 aliphatic carbocycles. The second kappa shape index (κ2) is 6.90. The zero-order chi connectivity index (χ0) is 15.4. The van der Waals surface area contributed by atoms with Crippen molar-refractivity contribution in [3.05, 3.63) is 64.1 Å². The standard InChI is InChI=1S/C17H15ClN2OS/c18-13-9-7-12(8-10-13)17(21)19-11-3-6-16-20-14-4-1-2-5-15(14)22-16/h1-2,4-5,7-10H,3,6,11H2,(H,19,21). The van der Waals surface area contributed by atoms with Crippen LogP contribution in [0, 0.1) is 0 Å². The van der Waals surface area contributed by atoms with E-state index in [0.29, 0.717) is 17.1 Å². The Bertz CT molecular complexity index is 750. The van der Waals surface area contributed by atoms with Gasteiger partial charge in [0.05, 0.1) is 15.2 Å². The van der Waals surface area contributed by atoms with Crippen molar-refractivity contribution in [1.29, 1.82) is 0 Å². The van der Waals surface area contributed by atoms with E-state index < -0.39 is 0 Å². The molecule has 0 atom stereocenters. The summed E-state index contributed by atoms with van der Waals surface area (Å²) in [5.41, 5.74) is 1.68. The van der Waals surface area contributed by atoms with Crippen LogP contribution in [0.2, 0.25) is 5.02 Å². The van der Waals surface area contributed by atoms with E-state index >= 15 is 0 Å². The summed E-state index contributed by atoms with van der Waals surface area (Å²) in [6.45, 7) is 0.636. The SMILES string of the molecule is O=C(NCCCc1nc2ccccc2s1)c1ccc(Cl)cc1. The number of nitrogens with one attached hydrogen (secondary N) is 1. The summed E-state index contributed by atoms with van der Waals surface area (Å²) >= 11 is 7.52. The van der Waals surface area contributed by atoms with Gasteiger partial charge in [0.2, 0.25) is 0 Å². The minimum Gasteiger partial charge on any atom is -0.352 e. The predicted octanol–water partition coefficient (Wildman–Crippen LogP) is 4.31. The van der Waals surface area contributed by atoms with Crippen molar-refractivity contribution in [3.8, 4) is 0 Å². The van der Waals surface area contributed by atoms with E-state index in [9.17, 15) is 4.79 Å². The maximum atomic E-state index is 11.9. The van der Waals surface area contributed by atoms with Gasteiger partial charge in [-0.3, -0.25) is 4.79 Å². The first-order valence-electron chi connectivity index (χ1n) is 7.10. The Morgan fingerprint density at radius 1 is 1.14 bits per heavy atom. The summed E-state index contributed by atoms with van der Waals surface area (Å²) in [5.74, 6) is -0.0685. The van der Waals surface area contributed by atoms with Crippen LogP contribution >= 0.6 is 22.9 Å². The summed E-state index contributed by atoms with van der Waals surface area (Å²) < 4.78 is 1.21. The lowest BCUT2D eigenvalue weighted by atomic mass is 10.2. The maximum Gasteiger partial charge on any atom is 0.251 e. The molecule has 0 saturated heterocycles. The van der Waals surface area contributed by atoms with Gasteiger partial charge in [0.1, 0.15) is 0 Å². The summed E-state index contributed by atoms with van der Waals surface area (Å²) in [4.78, 5) is 16.5. The molecule has 3 aromatic rings. The maximum absolute atomic E-state index is 11.9. The fraction of sp³-hybridized carbons (Fsp3) is 0.176. The third kappa shape index (κ3) is 3.64. The van der Waals surface area contributed by atoms with Crippen LogP contribution in [0.1, 0.15) is 21.8 Å². The molecule has 112 valence electrons. The van der Waals surface area contributed by atoms with E-state index in [2.05, 4.69) is 16.4 Å². The van der Waals surface area contributed by atoms with Crippen LogP contribution in [-0.2, 0) is 6.42 Å². The van der Waals surface area contributed by atoms with Crippen LogP contribution in [0.25, 0.3) is 10.2 Å². The molecule has 0 aliphatic heterocycles. The highest BCUT2D eigenvalue weighted by atomic mass is 35.5. The Hall–Kier alpha value is -1.91. The lowest BCUT2D eigenvalue weighted by molar-refractivity contribution is 0.0953. The van der Waals surface area contributed by atoms with E-state index in [1.165, 1.54) is 4.70 Å². The smallest absolute Gasteiger partial charge is 0.251 e. The number of thiazole rings is 1. The van der Waals surface area contributed by atoms with Gasteiger partial charge < -0.3 is 5.32 Å². The fourth-order valence-electron chi connectivity index (χ4n) is 2.17. The van der Waals surface area contributed by atoms with Crippen LogP contribution < -0.4 is 5.32 Å². The van der Waals surface area contributed by atoms with Crippen molar-refractivity contribution in [2.75, 3.05) is 6.54 Å². The van der Waals surface area contributed by atoms with Crippen LogP contribution in [0.15, 0.2) is 48.5 Å². The van der Waals surface area contributed by atoms with Gasteiger partial charge in [-0.2, -0.15) is 0 Å². The van der Waals surface area contributed by atoms with Crippen molar-refractivity contribution in [2.24, 2.45) is 0 Å². The van der Waals surface area contributed by atoms with Crippen molar-refractivity contribution in [3.63, 3.8) is 0 Å². The number of para-hydroxylation sites is 1. The molecule has 22 heavy (non-hydrogen) atoms. The lowest BCUT2D eigenvalue weighted by Gasteiger charge is -2.04. The molecule has 2 aromatic carbocycles. The third-order valence-corrected chi connectivity index (χ3v) is 4.65. The number of fused-ring (bicyclic) bond motifs is 1. The minimum absolute atomic E-state index is 0.0685. The number of carbonyl (C=O) groups excluding carboxylic acids is 1. The lowest BCUT2D eigenvalue weighted by Crippen LogP contribution is -2.24. The number of benzene rings is 2. The quantitative estimate of drug-likeness (QED) is 0.708. The summed E-state index contributed by atoms with van der Waals surface area (Å²) in [6.07, 6.45) is 1.75. The number of aromatic nitrogens is 1. The van der Waals surface area contributed by atoms with Gasteiger partial charge in [-0.25, -0.2) is 4.98 Å². The zero-order valence-corrected chi connectivity index (χ0v) is 13.5. The number of nitrogens with zero attached hydrogens (tertiary/aromatic N) is 1. The van der Waals surface area contributed by atoms with E-state index in [1.807, 2.05) is 18.2 Å².